The van der Waals surface area contributed by atoms with Gasteiger partial charge in [0.15, 0.2) is 0 Å². The van der Waals surface area contributed by atoms with Gasteiger partial charge in [-0.2, -0.15) is 0 Å². The molecule has 21 heavy (non-hydrogen) atoms. The molecule has 3 rings (SSSR count). The minimum atomic E-state index is 0.637. The van der Waals surface area contributed by atoms with E-state index < -0.39 is 0 Å². The van der Waals surface area contributed by atoms with E-state index >= 15 is 0 Å². The van der Waals surface area contributed by atoms with E-state index in [9.17, 15) is 0 Å². The third-order valence-electron chi connectivity index (χ3n) is 4.61. The van der Waals surface area contributed by atoms with Crippen LogP contribution in [-0.2, 0) is 7.05 Å². The maximum absolute atomic E-state index is 2.31. The first kappa shape index (κ1) is 13.9. The molecule has 0 aliphatic rings. The molecule has 0 bridgehead atoms. The van der Waals surface area contributed by atoms with Crippen LogP contribution in [-0.4, -0.2) is 4.57 Å². The predicted molar refractivity (Wildman–Crippen MR) is 91.8 cm³/mol. The molecule has 1 aromatic heterocycles. The van der Waals surface area contributed by atoms with E-state index in [-0.39, 0.29) is 0 Å². The highest BCUT2D eigenvalue weighted by Gasteiger charge is 2.07. The zero-order chi connectivity index (χ0) is 15.0. The van der Waals surface area contributed by atoms with Gasteiger partial charge in [0, 0.05) is 24.1 Å². The molecule has 0 fully saturated rings. The molecule has 0 N–H and O–H groups in total. The van der Waals surface area contributed by atoms with Crippen molar-refractivity contribution >= 4 is 10.9 Å². The van der Waals surface area contributed by atoms with E-state index in [1.54, 1.807) is 0 Å². The minimum Gasteiger partial charge on any atom is -0.350 e. The van der Waals surface area contributed by atoms with Crippen molar-refractivity contribution < 1.29 is 0 Å². The molecule has 0 aliphatic carbocycles. The summed E-state index contributed by atoms with van der Waals surface area (Å²) in [6.07, 6.45) is 3.38. The average molecular weight is 277 g/mol. The van der Waals surface area contributed by atoms with Gasteiger partial charge in [-0.25, -0.2) is 0 Å². The second-order valence-electron chi connectivity index (χ2n) is 6.09. The standard InChI is InChI=1S/C20H23N/c1-5-14(2)16-6-8-17(9-7-16)18-10-11-20-19(12-18)15(3)13-21(20)4/h6-14H,5H2,1-4H3. The van der Waals surface area contributed by atoms with Crippen molar-refractivity contribution in [3.05, 3.63) is 59.8 Å². The average Bonchev–Trinajstić information content (AvgIpc) is 2.81. The van der Waals surface area contributed by atoms with Crippen LogP contribution in [0.15, 0.2) is 48.7 Å². The Morgan fingerprint density at radius 1 is 1.00 bits per heavy atom. The van der Waals surface area contributed by atoms with Gasteiger partial charge in [-0.3, -0.25) is 0 Å². The van der Waals surface area contributed by atoms with Gasteiger partial charge in [0.05, 0.1) is 0 Å². The summed E-state index contributed by atoms with van der Waals surface area (Å²) < 4.78 is 2.19. The highest BCUT2D eigenvalue weighted by molar-refractivity contribution is 5.88. The smallest absolute Gasteiger partial charge is 0.0480 e. The number of aromatic nitrogens is 1. The molecule has 2 aromatic carbocycles. The summed E-state index contributed by atoms with van der Waals surface area (Å²) >= 11 is 0. The highest BCUT2D eigenvalue weighted by atomic mass is 14.9. The van der Waals surface area contributed by atoms with Crippen LogP contribution in [0.25, 0.3) is 22.0 Å². The number of hydrogen-bond donors (Lipinski definition) is 0. The van der Waals surface area contributed by atoms with Crippen molar-refractivity contribution in [2.24, 2.45) is 7.05 Å². The maximum Gasteiger partial charge on any atom is 0.0480 e. The molecular formula is C20H23N. The van der Waals surface area contributed by atoms with E-state index in [4.69, 9.17) is 0 Å². The summed E-state index contributed by atoms with van der Waals surface area (Å²) in [4.78, 5) is 0. The second-order valence-corrected chi connectivity index (χ2v) is 6.09. The lowest BCUT2D eigenvalue weighted by atomic mass is 9.95. The van der Waals surface area contributed by atoms with Gasteiger partial charge in [-0.15, -0.1) is 0 Å². The number of fused-ring (bicyclic) bond motifs is 1. The summed E-state index contributed by atoms with van der Waals surface area (Å²) in [5.74, 6) is 0.637. The summed E-state index contributed by atoms with van der Waals surface area (Å²) in [6, 6.07) is 15.8. The van der Waals surface area contributed by atoms with Crippen molar-refractivity contribution in [3.8, 4) is 11.1 Å². The Bertz CT molecular complexity index is 762. The van der Waals surface area contributed by atoms with Gasteiger partial charge in [-0.1, -0.05) is 44.2 Å². The SMILES string of the molecule is CCC(C)c1ccc(-c2ccc3c(c2)c(C)cn3C)cc1. The molecule has 108 valence electrons. The fraction of sp³-hybridized carbons (Fsp3) is 0.300. The Morgan fingerprint density at radius 3 is 2.33 bits per heavy atom. The molecule has 1 nitrogen and oxygen atoms in total. The van der Waals surface area contributed by atoms with E-state index in [2.05, 4.69) is 81.0 Å². The van der Waals surface area contributed by atoms with E-state index in [0.29, 0.717) is 5.92 Å². The summed E-state index contributed by atoms with van der Waals surface area (Å²) in [5.41, 5.74) is 6.66. The molecule has 3 aromatic rings. The van der Waals surface area contributed by atoms with E-state index in [1.807, 2.05) is 0 Å². The van der Waals surface area contributed by atoms with Gasteiger partial charge < -0.3 is 4.57 Å². The first-order valence-corrected chi connectivity index (χ1v) is 7.76. The van der Waals surface area contributed by atoms with Crippen LogP contribution in [0.2, 0.25) is 0 Å². The van der Waals surface area contributed by atoms with Crippen LogP contribution in [0.5, 0.6) is 0 Å². The third-order valence-corrected chi connectivity index (χ3v) is 4.61. The molecule has 1 unspecified atom stereocenters. The van der Waals surface area contributed by atoms with Gasteiger partial charge >= 0.3 is 0 Å². The molecule has 1 atom stereocenters. The first-order chi connectivity index (χ1) is 10.1. The maximum atomic E-state index is 2.31. The first-order valence-electron chi connectivity index (χ1n) is 7.76. The van der Waals surface area contributed by atoms with Gasteiger partial charge in [0.25, 0.3) is 0 Å². The van der Waals surface area contributed by atoms with Crippen LogP contribution < -0.4 is 0 Å². The summed E-state index contributed by atoms with van der Waals surface area (Å²) in [7, 11) is 2.11. The van der Waals surface area contributed by atoms with Crippen LogP contribution >= 0.6 is 0 Å². The van der Waals surface area contributed by atoms with Crippen molar-refractivity contribution in [1.82, 2.24) is 4.57 Å². The zero-order valence-electron chi connectivity index (χ0n) is 13.4. The Hall–Kier alpha value is -2.02. The zero-order valence-corrected chi connectivity index (χ0v) is 13.4. The van der Waals surface area contributed by atoms with Crippen LogP contribution in [0.3, 0.4) is 0 Å². The van der Waals surface area contributed by atoms with Crippen molar-refractivity contribution in [2.75, 3.05) is 0 Å². The molecule has 1 heteroatoms. The fourth-order valence-electron chi connectivity index (χ4n) is 3.01. The van der Waals surface area contributed by atoms with Gasteiger partial charge in [0.1, 0.15) is 0 Å². The summed E-state index contributed by atoms with van der Waals surface area (Å²) in [6.45, 7) is 6.71. The van der Waals surface area contributed by atoms with Crippen molar-refractivity contribution in [2.45, 2.75) is 33.1 Å². The number of hydrogen-bond acceptors (Lipinski definition) is 0. The Balaban J connectivity index is 2.02. The molecule has 0 saturated heterocycles. The molecule has 1 heterocycles. The molecule has 0 amide bonds. The van der Waals surface area contributed by atoms with Gasteiger partial charge in [-0.05, 0) is 53.6 Å². The van der Waals surface area contributed by atoms with Gasteiger partial charge in [0.2, 0.25) is 0 Å². The number of rotatable bonds is 3. The normalized spacial score (nSPS) is 12.8. The topological polar surface area (TPSA) is 4.93 Å². The van der Waals surface area contributed by atoms with Crippen LogP contribution in [0.1, 0.15) is 37.3 Å². The third kappa shape index (κ3) is 2.49. The lowest BCUT2D eigenvalue weighted by Crippen LogP contribution is -1.90. The largest absolute Gasteiger partial charge is 0.350 e. The monoisotopic (exact) mass is 277 g/mol. The lowest BCUT2D eigenvalue weighted by Gasteiger charge is -2.10. The highest BCUT2D eigenvalue weighted by Crippen LogP contribution is 2.28. The molecular weight excluding hydrogens is 254 g/mol. The fourth-order valence-corrected chi connectivity index (χ4v) is 3.01. The Morgan fingerprint density at radius 2 is 1.67 bits per heavy atom. The second kappa shape index (κ2) is 5.40. The lowest BCUT2D eigenvalue weighted by molar-refractivity contribution is 0.734. The van der Waals surface area contributed by atoms with E-state index in [1.165, 1.54) is 39.6 Å². The minimum absolute atomic E-state index is 0.637. The number of aryl methyl sites for hydroxylation is 2. The Labute approximate surface area is 127 Å². The van der Waals surface area contributed by atoms with E-state index in [0.717, 1.165) is 0 Å². The molecule has 0 radical (unpaired) electrons. The molecule has 0 aliphatic heterocycles. The molecule has 0 spiro atoms. The number of benzene rings is 2. The molecule has 0 saturated carbocycles. The summed E-state index contributed by atoms with van der Waals surface area (Å²) in [5, 5.41) is 1.35. The van der Waals surface area contributed by atoms with Crippen LogP contribution in [0, 0.1) is 6.92 Å². The quantitative estimate of drug-likeness (QED) is 0.581. The Kier molecular flexibility index (Phi) is 3.59. The van der Waals surface area contributed by atoms with Crippen molar-refractivity contribution in [3.63, 3.8) is 0 Å². The predicted octanol–water partition coefficient (Wildman–Crippen LogP) is 5.67. The van der Waals surface area contributed by atoms with Crippen molar-refractivity contribution in [1.29, 1.82) is 0 Å². The van der Waals surface area contributed by atoms with Crippen LogP contribution in [0.4, 0.5) is 0 Å². The number of nitrogens with zero attached hydrogens (tertiary/aromatic N) is 1.